The Morgan fingerprint density at radius 3 is 2.18 bits per heavy atom. The maximum absolute atomic E-state index is 11.2. The number of rotatable bonds is 1. The molecule has 0 aromatic rings. The Hall–Kier alpha value is -1.18. The molecule has 0 amide bonds. The Morgan fingerprint density at radius 2 is 2.00 bits per heavy atom. The fraction of sp³-hybridized carbons (Fsp3) is 0.333. The third kappa shape index (κ3) is 1.16. The second kappa shape index (κ2) is 2.46. The van der Waals surface area contributed by atoms with Crippen LogP contribution in [0.25, 0.3) is 0 Å². The van der Waals surface area contributed by atoms with Crippen molar-refractivity contribution in [3.05, 3.63) is 23.4 Å². The van der Waals surface area contributed by atoms with Crippen LogP contribution in [0.15, 0.2) is 28.4 Å². The zero-order valence-corrected chi connectivity index (χ0v) is 7.06. The Labute approximate surface area is 66.3 Å². The second-order valence-corrected chi connectivity index (χ2v) is 2.78. The standard InChI is InChI=1S/C9H11NO/c1-5(2)8-6(3)9(11)7(4)10-8/h1H2,2-4H3. The Balaban J connectivity index is 3.14. The first kappa shape index (κ1) is 7.92. The first-order valence-corrected chi connectivity index (χ1v) is 3.50. The zero-order chi connectivity index (χ0) is 8.59. The first-order valence-electron chi connectivity index (χ1n) is 3.50. The topological polar surface area (TPSA) is 29.4 Å². The number of ketones is 1. The lowest BCUT2D eigenvalue weighted by molar-refractivity contribution is -0.109. The van der Waals surface area contributed by atoms with Crippen molar-refractivity contribution in [1.82, 2.24) is 0 Å². The SMILES string of the molecule is C=C(C)C1=C(C)C(=O)C(C)=N1. The van der Waals surface area contributed by atoms with Crippen LogP contribution in [0.2, 0.25) is 0 Å². The van der Waals surface area contributed by atoms with Gasteiger partial charge < -0.3 is 0 Å². The molecule has 2 heteroatoms. The highest BCUT2D eigenvalue weighted by Gasteiger charge is 2.20. The molecular formula is C9H11NO. The van der Waals surface area contributed by atoms with Crippen molar-refractivity contribution in [1.29, 1.82) is 0 Å². The van der Waals surface area contributed by atoms with Crippen LogP contribution in [0.1, 0.15) is 20.8 Å². The summed E-state index contributed by atoms with van der Waals surface area (Å²) < 4.78 is 0. The fourth-order valence-corrected chi connectivity index (χ4v) is 1.10. The van der Waals surface area contributed by atoms with E-state index in [1.165, 1.54) is 0 Å². The van der Waals surface area contributed by atoms with Gasteiger partial charge in [0.25, 0.3) is 0 Å². The molecule has 0 saturated carbocycles. The molecule has 1 aliphatic heterocycles. The molecule has 0 spiro atoms. The van der Waals surface area contributed by atoms with Gasteiger partial charge in [-0.1, -0.05) is 6.58 Å². The third-order valence-electron chi connectivity index (χ3n) is 1.71. The normalized spacial score (nSPS) is 17.4. The summed E-state index contributed by atoms with van der Waals surface area (Å²) in [6.07, 6.45) is 0. The highest BCUT2D eigenvalue weighted by Crippen LogP contribution is 2.21. The Bertz CT molecular complexity index is 295. The summed E-state index contributed by atoms with van der Waals surface area (Å²) in [6, 6.07) is 0. The smallest absolute Gasteiger partial charge is 0.204 e. The molecule has 1 aliphatic rings. The molecular weight excluding hydrogens is 138 g/mol. The van der Waals surface area contributed by atoms with Crippen molar-refractivity contribution in [3.8, 4) is 0 Å². The largest absolute Gasteiger partial charge is 0.288 e. The van der Waals surface area contributed by atoms with E-state index in [-0.39, 0.29) is 5.78 Å². The van der Waals surface area contributed by atoms with Gasteiger partial charge in [-0.2, -0.15) is 0 Å². The van der Waals surface area contributed by atoms with E-state index >= 15 is 0 Å². The quantitative estimate of drug-likeness (QED) is 0.559. The van der Waals surface area contributed by atoms with E-state index in [1.807, 2.05) is 6.92 Å². The molecule has 0 saturated heterocycles. The van der Waals surface area contributed by atoms with Crippen LogP contribution in [0.3, 0.4) is 0 Å². The monoisotopic (exact) mass is 149 g/mol. The van der Waals surface area contributed by atoms with Gasteiger partial charge >= 0.3 is 0 Å². The molecule has 0 atom stereocenters. The van der Waals surface area contributed by atoms with Crippen LogP contribution in [0, 0.1) is 0 Å². The average Bonchev–Trinajstić information content (AvgIpc) is 2.17. The summed E-state index contributed by atoms with van der Waals surface area (Å²) in [5.74, 6) is 0.0444. The van der Waals surface area contributed by atoms with Gasteiger partial charge in [0.15, 0.2) is 0 Å². The van der Waals surface area contributed by atoms with E-state index in [9.17, 15) is 4.79 Å². The second-order valence-electron chi connectivity index (χ2n) is 2.78. The molecule has 0 unspecified atom stereocenters. The number of hydrogen-bond acceptors (Lipinski definition) is 2. The predicted molar refractivity (Wildman–Crippen MR) is 45.6 cm³/mol. The number of aliphatic imine (C=N–C) groups is 1. The highest BCUT2D eigenvalue weighted by atomic mass is 16.1. The molecule has 0 aliphatic carbocycles. The lowest BCUT2D eigenvalue weighted by Gasteiger charge is -1.95. The van der Waals surface area contributed by atoms with Gasteiger partial charge in [0.05, 0.1) is 11.4 Å². The van der Waals surface area contributed by atoms with Gasteiger partial charge in [0.1, 0.15) is 0 Å². The third-order valence-corrected chi connectivity index (χ3v) is 1.71. The maximum Gasteiger partial charge on any atom is 0.204 e. The first-order chi connectivity index (χ1) is 5.04. The summed E-state index contributed by atoms with van der Waals surface area (Å²) in [6.45, 7) is 9.10. The van der Waals surface area contributed by atoms with Crippen molar-refractivity contribution in [2.24, 2.45) is 4.99 Å². The Kier molecular flexibility index (Phi) is 1.77. The van der Waals surface area contributed by atoms with E-state index in [0.717, 1.165) is 16.8 Å². The maximum atomic E-state index is 11.2. The number of allylic oxidation sites excluding steroid dienone is 2. The van der Waals surface area contributed by atoms with E-state index in [1.54, 1.807) is 13.8 Å². The summed E-state index contributed by atoms with van der Waals surface area (Å²) >= 11 is 0. The van der Waals surface area contributed by atoms with Crippen LogP contribution in [0.5, 0.6) is 0 Å². The van der Waals surface area contributed by atoms with Crippen LogP contribution >= 0.6 is 0 Å². The van der Waals surface area contributed by atoms with Gasteiger partial charge in [-0.3, -0.25) is 4.79 Å². The predicted octanol–water partition coefficient (Wildman–Crippen LogP) is 1.88. The number of Topliss-reactive ketones (excluding diaryl/α,β-unsaturated/α-hetero) is 1. The van der Waals surface area contributed by atoms with Crippen molar-refractivity contribution in [2.45, 2.75) is 20.8 Å². The summed E-state index contributed by atoms with van der Waals surface area (Å²) in [4.78, 5) is 15.3. The minimum atomic E-state index is 0.0444. The number of carbonyl (C=O) groups is 1. The van der Waals surface area contributed by atoms with Crippen molar-refractivity contribution >= 4 is 11.5 Å². The highest BCUT2D eigenvalue weighted by molar-refractivity contribution is 6.47. The summed E-state index contributed by atoms with van der Waals surface area (Å²) in [7, 11) is 0. The summed E-state index contributed by atoms with van der Waals surface area (Å²) in [5, 5.41) is 0. The van der Waals surface area contributed by atoms with E-state index < -0.39 is 0 Å². The van der Waals surface area contributed by atoms with E-state index in [2.05, 4.69) is 11.6 Å². The number of carbonyl (C=O) groups excluding carboxylic acids is 1. The molecule has 0 N–H and O–H groups in total. The molecule has 0 fully saturated rings. The van der Waals surface area contributed by atoms with E-state index in [0.29, 0.717) is 5.71 Å². The fourth-order valence-electron chi connectivity index (χ4n) is 1.10. The minimum Gasteiger partial charge on any atom is -0.288 e. The van der Waals surface area contributed by atoms with E-state index in [4.69, 9.17) is 0 Å². The van der Waals surface area contributed by atoms with Gasteiger partial charge in [-0.15, -0.1) is 0 Å². The Morgan fingerprint density at radius 1 is 1.45 bits per heavy atom. The van der Waals surface area contributed by atoms with Crippen molar-refractivity contribution < 1.29 is 4.79 Å². The molecule has 0 aromatic carbocycles. The van der Waals surface area contributed by atoms with Crippen LogP contribution in [-0.2, 0) is 4.79 Å². The molecule has 2 nitrogen and oxygen atoms in total. The van der Waals surface area contributed by atoms with Gasteiger partial charge in [-0.05, 0) is 26.3 Å². The molecule has 0 radical (unpaired) electrons. The van der Waals surface area contributed by atoms with Crippen molar-refractivity contribution in [3.63, 3.8) is 0 Å². The molecule has 1 heterocycles. The van der Waals surface area contributed by atoms with Crippen LogP contribution in [0.4, 0.5) is 0 Å². The number of nitrogens with zero attached hydrogens (tertiary/aromatic N) is 1. The van der Waals surface area contributed by atoms with Gasteiger partial charge in [0.2, 0.25) is 5.78 Å². The zero-order valence-electron chi connectivity index (χ0n) is 7.06. The van der Waals surface area contributed by atoms with Gasteiger partial charge in [0, 0.05) is 5.57 Å². The molecule has 0 bridgehead atoms. The van der Waals surface area contributed by atoms with Crippen LogP contribution in [-0.4, -0.2) is 11.5 Å². The summed E-state index contributed by atoms with van der Waals surface area (Å²) in [5.41, 5.74) is 2.90. The minimum absolute atomic E-state index is 0.0444. The lowest BCUT2D eigenvalue weighted by Crippen LogP contribution is -2.05. The molecule has 11 heavy (non-hydrogen) atoms. The average molecular weight is 149 g/mol. The van der Waals surface area contributed by atoms with Gasteiger partial charge in [-0.25, -0.2) is 4.99 Å². The van der Waals surface area contributed by atoms with Crippen molar-refractivity contribution in [2.75, 3.05) is 0 Å². The molecule has 1 rings (SSSR count). The molecule has 58 valence electrons. The van der Waals surface area contributed by atoms with Crippen LogP contribution < -0.4 is 0 Å². The lowest BCUT2D eigenvalue weighted by atomic mass is 10.1. The molecule has 0 aromatic heterocycles. The number of hydrogen-bond donors (Lipinski definition) is 0.